The van der Waals surface area contributed by atoms with Crippen LogP contribution in [-0.4, -0.2) is 48.0 Å². The van der Waals surface area contributed by atoms with Gasteiger partial charge in [0.15, 0.2) is 0 Å². The first-order valence-corrected chi connectivity index (χ1v) is 9.20. The zero-order valence-corrected chi connectivity index (χ0v) is 12.8. The summed E-state index contributed by atoms with van der Waals surface area (Å²) in [5, 5.41) is 8.94. The molecule has 0 aromatic carbocycles. The molecule has 0 fully saturated rings. The van der Waals surface area contributed by atoms with E-state index in [1.54, 1.807) is 0 Å². The van der Waals surface area contributed by atoms with E-state index >= 15 is 0 Å². The van der Waals surface area contributed by atoms with Crippen molar-refractivity contribution in [1.29, 1.82) is 0 Å². The number of hydrogen-bond acceptors (Lipinski definition) is 3. The Labute approximate surface area is 110 Å². The molecular formula is C12H25INO2-. The Morgan fingerprint density at radius 3 is 2.75 bits per heavy atom. The van der Waals surface area contributed by atoms with Crippen molar-refractivity contribution in [1.82, 2.24) is 4.90 Å². The van der Waals surface area contributed by atoms with Gasteiger partial charge in [0, 0.05) is 0 Å². The van der Waals surface area contributed by atoms with Crippen LogP contribution in [0.2, 0.25) is 0 Å². The van der Waals surface area contributed by atoms with E-state index in [2.05, 4.69) is 26.9 Å². The molecule has 0 aromatic heterocycles. The molecule has 4 heteroatoms. The fourth-order valence-electron chi connectivity index (χ4n) is 1.28. The summed E-state index contributed by atoms with van der Waals surface area (Å²) in [5.74, 6) is 0.627. The first-order valence-electron chi connectivity index (χ1n) is 5.80. The zero-order valence-electron chi connectivity index (χ0n) is 10.7. The molecule has 0 aliphatic rings. The van der Waals surface area contributed by atoms with Crippen LogP contribution in [0.5, 0.6) is 0 Å². The van der Waals surface area contributed by atoms with E-state index in [1.807, 2.05) is 6.92 Å². The van der Waals surface area contributed by atoms with Crippen molar-refractivity contribution in [2.75, 3.05) is 38.0 Å². The van der Waals surface area contributed by atoms with Crippen molar-refractivity contribution in [3.63, 3.8) is 0 Å². The molecule has 0 amide bonds. The number of ether oxygens (including phenoxy) is 1. The molecule has 3 nitrogen and oxygen atoms in total. The summed E-state index contributed by atoms with van der Waals surface area (Å²) >= 11 is 0.271. The van der Waals surface area contributed by atoms with Gasteiger partial charge in [-0.3, -0.25) is 0 Å². The second kappa shape index (κ2) is 11.8. The molecule has 0 saturated heterocycles. The Kier molecular flexibility index (Phi) is 12.1. The number of aliphatic hydroxyl groups is 1. The van der Waals surface area contributed by atoms with Gasteiger partial charge in [-0.05, 0) is 0 Å². The maximum atomic E-state index is 8.94. The van der Waals surface area contributed by atoms with Crippen molar-refractivity contribution < 1.29 is 31.0 Å². The first-order chi connectivity index (χ1) is 7.74. The fourth-order valence-corrected chi connectivity index (χ4v) is 2.41. The van der Waals surface area contributed by atoms with Gasteiger partial charge in [-0.15, -0.1) is 0 Å². The van der Waals surface area contributed by atoms with Crippen LogP contribution in [0.15, 0.2) is 10.2 Å². The van der Waals surface area contributed by atoms with Gasteiger partial charge in [-0.1, -0.05) is 0 Å². The van der Waals surface area contributed by atoms with Crippen LogP contribution in [0.3, 0.4) is 0 Å². The van der Waals surface area contributed by atoms with Crippen LogP contribution in [0.4, 0.5) is 0 Å². The quantitative estimate of drug-likeness (QED) is 0.299. The molecule has 0 radical (unpaired) electrons. The Morgan fingerprint density at radius 2 is 2.19 bits per heavy atom. The number of allylic oxidation sites excluding steroid dienone is 1. The van der Waals surface area contributed by atoms with Crippen LogP contribution in [0, 0.1) is 5.92 Å². The fraction of sp³-hybridized carbons (Fsp3) is 0.833. The molecule has 1 unspecified atom stereocenters. The first kappa shape index (κ1) is 16.4. The molecular weight excluding hydrogens is 317 g/mol. The molecule has 0 aliphatic heterocycles. The zero-order chi connectivity index (χ0) is 12.2. The van der Waals surface area contributed by atoms with E-state index in [-0.39, 0.29) is 27.8 Å². The topological polar surface area (TPSA) is 32.7 Å². The monoisotopic (exact) mass is 342 g/mol. The SMILES string of the molecule is CCOCN(CCO)CCC(C)/C=C\[I-]C. The normalized spacial score (nSPS) is 14.1. The number of aliphatic hydroxyl groups excluding tert-OH is 1. The molecule has 0 rings (SSSR count). The Morgan fingerprint density at radius 1 is 1.44 bits per heavy atom. The van der Waals surface area contributed by atoms with Crippen molar-refractivity contribution in [2.24, 2.45) is 5.92 Å². The van der Waals surface area contributed by atoms with Gasteiger partial charge in [0.2, 0.25) is 0 Å². The Bertz CT molecular complexity index is 176. The van der Waals surface area contributed by atoms with Crippen LogP contribution in [0.25, 0.3) is 0 Å². The molecule has 1 N–H and O–H groups in total. The third-order valence-corrected chi connectivity index (χ3v) is 3.46. The van der Waals surface area contributed by atoms with E-state index in [4.69, 9.17) is 9.84 Å². The summed E-state index contributed by atoms with van der Waals surface area (Å²) in [5.41, 5.74) is 0. The van der Waals surface area contributed by atoms with Gasteiger partial charge < -0.3 is 0 Å². The van der Waals surface area contributed by atoms with Crippen LogP contribution >= 0.6 is 0 Å². The molecule has 0 aromatic rings. The van der Waals surface area contributed by atoms with Gasteiger partial charge in [0.05, 0.1) is 0 Å². The van der Waals surface area contributed by atoms with E-state index in [9.17, 15) is 0 Å². The minimum atomic E-state index is 0.206. The number of alkyl halides is 1. The molecule has 0 heterocycles. The Hall–Kier alpha value is 0.350. The average molecular weight is 342 g/mol. The predicted molar refractivity (Wildman–Crippen MR) is 64.0 cm³/mol. The average Bonchev–Trinajstić information content (AvgIpc) is 2.30. The van der Waals surface area contributed by atoms with E-state index in [1.165, 1.54) is 0 Å². The van der Waals surface area contributed by atoms with Crippen molar-refractivity contribution >= 4 is 0 Å². The summed E-state index contributed by atoms with van der Waals surface area (Å²) in [6.45, 7) is 7.51. The second-order valence-electron chi connectivity index (χ2n) is 3.77. The minimum absolute atomic E-state index is 0.206. The second-order valence-corrected chi connectivity index (χ2v) is 5.73. The van der Waals surface area contributed by atoms with Gasteiger partial charge in [-0.25, -0.2) is 0 Å². The summed E-state index contributed by atoms with van der Waals surface area (Å²) in [7, 11) is 0. The van der Waals surface area contributed by atoms with Crippen molar-refractivity contribution in [2.45, 2.75) is 20.3 Å². The third-order valence-electron chi connectivity index (χ3n) is 2.32. The molecule has 1 atom stereocenters. The van der Waals surface area contributed by atoms with Gasteiger partial charge in [0.1, 0.15) is 0 Å². The standard InChI is InChI=1S/C12H25INO2/c1-4-16-11-14(9-10-15)8-6-12(2)5-7-13-3/h5,7,12,15H,4,6,8-11H2,1-3H3/q-1/b7-5-. The predicted octanol–water partition coefficient (Wildman–Crippen LogP) is -1.47. The molecule has 0 bridgehead atoms. The van der Waals surface area contributed by atoms with Gasteiger partial charge >= 0.3 is 110 Å². The summed E-state index contributed by atoms with van der Waals surface area (Å²) in [4.78, 5) is 4.42. The maximum absolute atomic E-state index is 8.94. The molecule has 0 saturated carbocycles. The van der Waals surface area contributed by atoms with Crippen LogP contribution < -0.4 is 21.2 Å². The molecule has 98 valence electrons. The van der Waals surface area contributed by atoms with E-state index in [0.29, 0.717) is 19.2 Å². The number of halogens is 1. The van der Waals surface area contributed by atoms with E-state index < -0.39 is 0 Å². The summed E-state index contributed by atoms with van der Waals surface area (Å²) < 4.78 is 7.69. The van der Waals surface area contributed by atoms with Crippen LogP contribution in [-0.2, 0) is 4.74 Å². The third kappa shape index (κ3) is 9.57. The van der Waals surface area contributed by atoms with Crippen molar-refractivity contribution in [3.8, 4) is 0 Å². The summed E-state index contributed by atoms with van der Waals surface area (Å²) in [6.07, 6.45) is 3.44. The molecule has 0 aliphatic carbocycles. The Balaban J connectivity index is 3.76. The van der Waals surface area contributed by atoms with Crippen LogP contribution in [0.1, 0.15) is 20.3 Å². The summed E-state index contributed by atoms with van der Waals surface area (Å²) in [6, 6.07) is 0. The molecule has 16 heavy (non-hydrogen) atoms. The molecule has 0 spiro atoms. The van der Waals surface area contributed by atoms with Crippen molar-refractivity contribution in [3.05, 3.63) is 10.2 Å². The number of rotatable bonds is 10. The van der Waals surface area contributed by atoms with Gasteiger partial charge in [-0.2, -0.15) is 0 Å². The van der Waals surface area contributed by atoms with Gasteiger partial charge in [0.25, 0.3) is 0 Å². The number of hydrogen-bond donors (Lipinski definition) is 1. The number of nitrogens with zero attached hydrogens (tertiary/aromatic N) is 1. The van der Waals surface area contributed by atoms with E-state index in [0.717, 1.165) is 19.6 Å².